The van der Waals surface area contributed by atoms with Gasteiger partial charge in [-0.05, 0) is 0 Å². The molecule has 0 atom stereocenters. The molecular formula is C14H14Se. The van der Waals surface area contributed by atoms with Crippen molar-refractivity contribution in [1.82, 2.24) is 0 Å². The Bertz CT molecular complexity index is 385. The molecule has 0 spiro atoms. The van der Waals surface area contributed by atoms with E-state index in [-0.39, 0.29) is 0 Å². The third-order valence-corrected chi connectivity index (χ3v) is 4.38. The summed E-state index contributed by atoms with van der Waals surface area (Å²) in [5, 5.41) is 1.20. The normalized spacial score (nSPS) is 14.8. The van der Waals surface area contributed by atoms with Crippen molar-refractivity contribution >= 4 is 21.0 Å². The van der Waals surface area contributed by atoms with Crippen LogP contribution in [0.4, 0.5) is 0 Å². The van der Waals surface area contributed by atoms with Crippen LogP contribution in [0.15, 0.2) is 59.1 Å². The van der Waals surface area contributed by atoms with Crippen molar-refractivity contribution in [2.45, 2.75) is 11.7 Å². The molecule has 0 radical (unpaired) electrons. The quantitative estimate of drug-likeness (QED) is 0.725. The first-order valence-electron chi connectivity index (χ1n) is 5.15. The second-order valence-corrected chi connectivity index (χ2v) is 5.79. The topological polar surface area (TPSA) is 0 Å². The number of hydrogen-bond acceptors (Lipinski definition) is 0. The molecule has 0 bridgehead atoms. The zero-order valence-electron chi connectivity index (χ0n) is 8.60. The molecule has 0 aliphatic heterocycles. The van der Waals surface area contributed by atoms with Crippen LogP contribution in [0.5, 0.6) is 0 Å². The third-order valence-electron chi connectivity index (χ3n) is 2.21. The summed E-state index contributed by atoms with van der Waals surface area (Å²) >= 11 is 0.648. The molecule has 15 heavy (non-hydrogen) atoms. The summed E-state index contributed by atoms with van der Waals surface area (Å²) in [5.74, 6) is 0. The second kappa shape index (κ2) is 5.75. The Labute approximate surface area is 97.6 Å². The van der Waals surface area contributed by atoms with E-state index in [9.17, 15) is 0 Å². The van der Waals surface area contributed by atoms with Crippen LogP contribution in [-0.4, -0.2) is 15.0 Å². The SMILES string of the molecule is C1=CCC([Se]C/C=C/c2ccccc2)=C1. The van der Waals surface area contributed by atoms with E-state index in [0.29, 0.717) is 15.0 Å². The van der Waals surface area contributed by atoms with Crippen LogP contribution in [0.2, 0.25) is 5.32 Å². The molecule has 0 N–H and O–H groups in total. The average molecular weight is 261 g/mol. The zero-order chi connectivity index (χ0) is 10.3. The van der Waals surface area contributed by atoms with Gasteiger partial charge in [-0.2, -0.15) is 0 Å². The molecule has 1 aliphatic rings. The summed E-state index contributed by atoms with van der Waals surface area (Å²) in [7, 11) is 0. The van der Waals surface area contributed by atoms with Crippen LogP contribution in [-0.2, 0) is 0 Å². The van der Waals surface area contributed by atoms with Crippen molar-refractivity contribution < 1.29 is 0 Å². The van der Waals surface area contributed by atoms with Gasteiger partial charge < -0.3 is 0 Å². The maximum atomic E-state index is 2.29. The van der Waals surface area contributed by atoms with Crippen molar-refractivity contribution in [3.05, 3.63) is 64.7 Å². The summed E-state index contributed by atoms with van der Waals surface area (Å²) in [6.07, 6.45) is 12.3. The molecule has 0 heterocycles. The first-order chi connectivity index (χ1) is 7.45. The first-order valence-corrected chi connectivity index (χ1v) is 7.22. The van der Waals surface area contributed by atoms with Crippen molar-refractivity contribution in [2.75, 3.05) is 0 Å². The number of rotatable bonds is 4. The summed E-state index contributed by atoms with van der Waals surface area (Å²) in [6, 6.07) is 10.5. The summed E-state index contributed by atoms with van der Waals surface area (Å²) < 4.78 is 1.61. The average Bonchev–Trinajstić information content (AvgIpc) is 2.79. The van der Waals surface area contributed by atoms with E-state index in [1.54, 1.807) is 4.47 Å². The molecule has 0 aromatic heterocycles. The van der Waals surface area contributed by atoms with Gasteiger partial charge in [0.1, 0.15) is 0 Å². The van der Waals surface area contributed by atoms with Gasteiger partial charge in [-0.1, -0.05) is 0 Å². The number of hydrogen-bond donors (Lipinski definition) is 0. The Morgan fingerprint density at radius 3 is 2.80 bits per heavy atom. The van der Waals surface area contributed by atoms with Gasteiger partial charge in [0, 0.05) is 0 Å². The predicted molar refractivity (Wildman–Crippen MR) is 67.9 cm³/mol. The van der Waals surface area contributed by atoms with Gasteiger partial charge in [-0.3, -0.25) is 0 Å². The molecular weight excluding hydrogens is 247 g/mol. The second-order valence-electron chi connectivity index (χ2n) is 3.39. The van der Waals surface area contributed by atoms with E-state index in [4.69, 9.17) is 0 Å². The Hall–Kier alpha value is -1.04. The molecule has 0 saturated heterocycles. The molecule has 0 saturated carbocycles. The Morgan fingerprint density at radius 1 is 1.20 bits per heavy atom. The standard InChI is InChI=1S/C14H14Se/c1-2-7-13(8-3-1)9-6-12-15-14-10-4-5-11-14/h1-10H,11-12H2/b9-6+. The van der Waals surface area contributed by atoms with E-state index in [2.05, 4.69) is 60.7 Å². The summed E-state index contributed by atoms with van der Waals surface area (Å²) in [4.78, 5) is 0. The van der Waals surface area contributed by atoms with Crippen LogP contribution in [0.25, 0.3) is 6.08 Å². The van der Waals surface area contributed by atoms with Crippen molar-refractivity contribution in [1.29, 1.82) is 0 Å². The minimum atomic E-state index is 0.648. The molecule has 1 aromatic rings. The monoisotopic (exact) mass is 262 g/mol. The molecule has 0 unspecified atom stereocenters. The summed E-state index contributed by atoms with van der Waals surface area (Å²) in [6.45, 7) is 0. The minimum absolute atomic E-state index is 0.648. The Balaban J connectivity index is 1.76. The van der Waals surface area contributed by atoms with Gasteiger partial charge in [-0.25, -0.2) is 0 Å². The van der Waals surface area contributed by atoms with Crippen molar-refractivity contribution in [3.63, 3.8) is 0 Å². The third kappa shape index (κ3) is 3.54. The number of benzene rings is 1. The summed E-state index contributed by atoms with van der Waals surface area (Å²) in [5.41, 5.74) is 1.30. The van der Waals surface area contributed by atoms with Crippen LogP contribution >= 0.6 is 0 Å². The fraction of sp³-hybridized carbons (Fsp3) is 0.143. The zero-order valence-corrected chi connectivity index (χ0v) is 10.3. The molecule has 1 aromatic carbocycles. The van der Waals surface area contributed by atoms with Gasteiger partial charge in [0.25, 0.3) is 0 Å². The Kier molecular flexibility index (Phi) is 4.01. The van der Waals surface area contributed by atoms with Crippen molar-refractivity contribution in [2.24, 2.45) is 0 Å². The predicted octanol–water partition coefficient (Wildman–Crippen LogP) is 3.67. The van der Waals surface area contributed by atoms with E-state index in [1.807, 2.05) is 0 Å². The fourth-order valence-electron chi connectivity index (χ4n) is 1.44. The molecule has 0 amide bonds. The molecule has 1 aliphatic carbocycles. The van der Waals surface area contributed by atoms with E-state index in [1.165, 1.54) is 17.3 Å². The first kappa shape index (κ1) is 10.5. The van der Waals surface area contributed by atoms with E-state index < -0.39 is 0 Å². The van der Waals surface area contributed by atoms with Gasteiger partial charge in [0.2, 0.25) is 0 Å². The molecule has 1 heteroatoms. The molecule has 76 valence electrons. The van der Waals surface area contributed by atoms with Crippen LogP contribution < -0.4 is 0 Å². The molecule has 0 fully saturated rings. The molecule has 0 nitrogen and oxygen atoms in total. The van der Waals surface area contributed by atoms with Crippen molar-refractivity contribution in [3.8, 4) is 0 Å². The Morgan fingerprint density at radius 2 is 2.07 bits per heavy atom. The van der Waals surface area contributed by atoms with E-state index >= 15 is 0 Å². The van der Waals surface area contributed by atoms with Gasteiger partial charge in [0.05, 0.1) is 0 Å². The van der Waals surface area contributed by atoms with Crippen LogP contribution in [0.1, 0.15) is 12.0 Å². The van der Waals surface area contributed by atoms with Gasteiger partial charge in [-0.15, -0.1) is 0 Å². The fourth-order valence-corrected chi connectivity index (χ4v) is 3.11. The van der Waals surface area contributed by atoms with Crippen LogP contribution in [0, 0.1) is 0 Å². The van der Waals surface area contributed by atoms with E-state index in [0.717, 1.165) is 0 Å². The molecule has 2 rings (SSSR count). The van der Waals surface area contributed by atoms with Gasteiger partial charge in [0.15, 0.2) is 0 Å². The van der Waals surface area contributed by atoms with Crippen LogP contribution in [0.3, 0.4) is 0 Å². The van der Waals surface area contributed by atoms with Gasteiger partial charge >= 0.3 is 97.4 Å². The maximum absolute atomic E-state index is 2.29. The number of allylic oxidation sites excluding steroid dienone is 5.